The maximum atomic E-state index is 14.6. The first kappa shape index (κ1) is 21.8. The number of benzene rings is 1. The molecule has 0 aliphatic carbocycles. The van der Waals surface area contributed by atoms with E-state index in [0.29, 0.717) is 30.1 Å². The van der Waals surface area contributed by atoms with Crippen molar-refractivity contribution in [1.82, 2.24) is 14.5 Å². The molecule has 1 saturated heterocycles. The van der Waals surface area contributed by atoms with Crippen molar-refractivity contribution in [3.63, 3.8) is 0 Å². The highest BCUT2D eigenvalue weighted by molar-refractivity contribution is 9.10. The summed E-state index contributed by atoms with van der Waals surface area (Å²) in [5.74, 6) is -1.06. The fourth-order valence-electron chi connectivity index (χ4n) is 3.89. The zero-order valence-electron chi connectivity index (χ0n) is 17.4. The molecule has 0 bridgehead atoms. The summed E-state index contributed by atoms with van der Waals surface area (Å²) in [6.45, 7) is 7.11. The standard InChI is InChI=1S/C22H22BrF2N3O3/c1-4-31-21(29)16-8-18-17(9-26-16)27-20(28(18)19-10-30-11-22(19,2)3)6-12-5-15(25)13(23)7-14(12)24/h5,7-9,19H,4,6,10-11H2,1-3H3/t19-/m1/s1. The minimum absolute atomic E-state index is 0.0656. The summed E-state index contributed by atoms with van der Waals surface area (Å²) in [4.78, 5) is 21.0. The van der Waals surface area contributed by atoms with Crippen LogP contribution in [-0.4, -0.2) is 40.3 Å². The van der Waals surface area contributed by atoms with Crippen LogP contribution in [0.4, 0.5) is 8.78 Å². The molecule has 6 nitrogen and oxygen atoms in total. The summed E-state index contributed by atoms with van der Waals surface area (Å²) in [6.07, 6.45) is 1.58. The van der Waals surface area contributed by atoms with Gasteiger partial charge in [0, 0.05) is 11.8 Å². The predicted octanol–water partition coefficient (Wildman–Crippen LogP) is 4.84. The first-order chi connectivity index (χ1) is 14.7. The van der Waals surface area contributed by atoms with Crippen molar-refractivity contribution in [1.29, 1.82) is 0 Å². The number of fused-ring (bicyclic) bond motifs is 1. The van der Waals surface area contributed by atoms with Gasteiger partial charge in [0.05, 0.1) is 42.0 Å². The van der Waals surface area contributed by atoms with Crippen LogP contribution in [0.25, 0.3) is 11.0 Å². The van der Waals surface area contributed by atoms with Gasteiger partial charge in [0.2, 0.25) is 0 Å². The van der Waals surface area contributed by atoms with Crippen LogP contribution in [0.1, 0.15) is 48.7 Å². The third-order valence-electron chi connectivity index (χ3n) is 5.53. The molecule has 9 heteroatoms. The first-order valence-corrected chi connectivity index (χ1v) is 10.8. The fraction of sp³-hybridized carbons (Fsp3) is 0.409. The van der Waals surface area contributed by atoms with Crippen molar-refractivity contribution in [2.45, 2.75) is 33.2 Å². The molecule has 0 spiro atoms. The molecule has 164 valence electrons. The zero-order valence-corrected chi connectivity index (χ0v) is 19.0. The second-order valence-corrected chi connectivity index (χ2v) is 9.09. The molecule has 4 rings (SSSR count). The number of carbonyl (C=O) groups excluding carboxylic acids is 1. The Labute approximate surface area is 186 Å². The Morgan fingerprint density at radius 1 is 1.32 bits per heavy atom. The highest BCUT2D eigenvalue weighted by atomic mass is 79.9. The third-order valence-corrected chi connectivity index (χ3v) is 6.14. The minimum Gasteiger partial charge on any atom is -0.461 e. The summed E-state index contributed by atoms with van der Waals surface area (Å²) in [6, 6.07) is 3.81. The van der Waals surface area contributed by atoms with Crippen LogP contribution in [0.2, 0.25) is 0 Å². The Bertz CT molecular complexity index is 1160. The van der Waals surface area contributed by atoms with Crippen molar-refractivity contribution in [2.24, 2.45) is 5.41 Å². The lowest BCUT2D eigenvalue weighted by molar-refractivity contribution is 0.0519. The van der Waals surface area contributed by atoms with Gasteiger partial charge in [-0.1, -0.05) is 13.8 Å². The second-order valence-electron chi connectivity index (χ2n) is 8.23. The molecule has 2 aromatic heterocycles. The smallest absolute Gasteiger partial charge is 0.356 e. The molecule has 3 heterocycles. The Kier molecular flexibility index (Phi) is 5.83. The van der Waals surface area contributed by atoms with E-state index in [1.54, 1.807) is 13.0 Å². The predicted molar refractivity (Wildman–Crippen MR) is 114 cm³/mol. The van der Waals surface area contributed by atoms with Crippen LogP contribution in [0, 0.1) is 17.0 Å². The quantitative estimate of drug-likeness (QED) is 0.375. The number of pyridine rings is 1. The van der Waals surface area contributed by atoms with Crippen LogP contribution >= 0.6 is 15.9 Å². The number of nitrogens with zero attached hydrogens (tertiary/aromatic N) is 3. The molecule has 1 aliphatic rings. The van der Waals surface area contributed by atoms with Crippen molar-refractivity contribution in [3.8, 4) is 0 Å². The highest BCUT2D eigenvalue weighted by Gasteiger charge is 2.39. The molecular formula is C22H22BrF2N3O3. The number of esters is 1. The van der Waals surface area contributed by atoms with Crippen LogP contribution in [0.5, 0.6) is 0 Å². The third kappa shape index (κ3) is 4.08. The van der Waals surface area contributed by atoms with Crippen LogP contribution in [0.3, 0.4) is 0 Å². The Hall–Kier alpha value is -2.39. The van der Waals surface area contributed by atoms with E-state index in [1.165, 1.54) is 12.3 Å². The van der Waals surface area contributed by atoms with Crippen LogP contribution in [0.15, 0.2) is 28.9 Å². The van der Waals surface area contributed by atoms with Gasteiger partial charge >= 0.3 is 5.97 Å². The Morgan fingerprint density at radius 2 is 2.10 bits per heavy atom. The van der Waals surface area contributed by atoms with E-state index >= 15 is 0 Å². The molecule has 1 aliphatic heterocycles. The lowest BCUT2D eigenvalue weighted by Crippen LogP contribution is -2.27. The maximum absolute atomic E-state index is 14.6. The van der Waals surface area contributed by atoms with Gasteiger partial charge in [0.15, 0.2) is 5.69 Å². The summed E-state index contributed by atoms with van der Waals surface area (Å²) in [7, 11) is 0. The number of hydrogen-bond donors (Lipinski definition) is 0. The average molecular weight is 494 g/mol. The molecule has 1 aromatic carbocycles. The van der Waals surface area contributed by atoms with Crippen molar-refractivity contribution < 1.29 is 23.0 Å². The summed E-state index contributed by atoms with van der Waals surface area (Å²) < 4.78 is 41.5. The Balaban J connectivity index is 1.87. The van der Waals surface area contributed by atoms with Crippen molar-refractivity contribution in [3.05, 3.63) is 57.6 Å². The minimum atomic E-state index is -0.546. The van der Waals surface area contributed by atoms with E-state index in [0.717, 1.165) is 6.07 Å². The second kappa shape index (κ2) is 8.27. The maximum Gasteiger partial charge on any atom is 0.356 e. The molecule has 0 unspecified atom stereocenters. The summed E-state index contributed by atoms with van der Waals surface area (Å²) >= 11 is 3.01. The van der Waals surface area contributed by atoms with Gasteiger partial charge in [-0.2, -0.15) is 0 Å². The molecule has 31 heavy (non-hydrogen) atoms. The molecular weight excluding hydrogens is 472 g/mol. The number of ether oxygens (including phenoxy) is 2. The normalized spacial score (nSPS) is 17.9. The van der Waals surface area contributed by atoms with Gasteiger partial charge in [0.1, 0.15) is 23.0 Å². The van der Waals surface area contributed by atoms with E-state index < -0.39 is 17.6 Å². The SMILES string of the molecule is CCOC(=O)c1cc2c(cn1)nc(Cc1cc(F)c(Br)cc1F)n2[C@@H]1COCC1(C)C. The van der Waals surface area contributed by atoms with E-state index in [4.69, 9.17) is 9.47 Å². The summed E-state index contributed by atoms with van der Waals surface area (Å²) in [5, 5.41) is 0. The lowest BCUT2D eigenvalue weighted by atomic mass is 9.87. The number of aromatic nitrogens is 3. The number of halogens is 3. The van der Waals surface area contributed by atoms with E-state index in [9.17, 15) is 13.6 Å². The van der Waals surface area contributed by atoms with Gasteiger partial charge in [-0.15, -0.1) is 0 Å². The van der Waals surface area contributed by atoms with E-state index in [2.05, 4.69) is 39.7 Å². The van der Waals surface area contributed by atoms with Crippen LogP contribution < -0.4 is 0 Å². The molecule has 0 N–H and O–H groups in total. The molecule has 0 amide bonds. The lowest BCUT2D eigenvalue weighted by Gasteiger charge is -2.28. The zero-order chi connectivity index (χ0) is 22.3. The number of imidazole rings is 1. The molecule has 1 fully saturated rings. The van der Waals surface area contributed by atoms with Crippen molar-refractivity contribution in [2.75, 3.05) is 19.8 Å². The first-order valence-electron chi connectivity index (χ1n) is 9.96. The number of rotatable bonds is 5. The largest absolute Gasteiger partial charge is 0.461 e. The topological polar surface area (TPSA) is 66.2 Å². The molecule has 0 radical (unpaired) electrons. The average Bonchev–Trinajstić information content (AvgIpc) is 3.23. The molecule has 3 aromatic rings. The van der Waals surface area contributed by atoms with Crippen molar-refractivity contribution >= 4 is 32.9 Å². The monoisotopic (exact) mass is 493 g/mol. The number of carbonyl (C=O) groups is 1. The van der Waals surface area contributed by atoms with Gasteiger partial charge in [-0.25, -0.2) is 23.5 Å². The molecule has 0 saturated carbocycles. The fourth-order valence-corrected chi connectivity index (χ4v) is 4.20. The summed E-state index contributed by atoms with van der Waals surface area (Å²) in [5.41, 5.74) is 1.37. The van der Waals surface area contributed by atoms with Gasteiger partial charge < -0.3 is 14.0 Å². The number of hydrogen-bond acceptors (Lipinski definition) is 5. The van der Waals surface area contributed by atoms with Gasteiger partial charge in [0.25, 0.3) is 0 Å². The van der Waals surface area contributed by atoms with Gasteiger partial charge in [-0.3, -0.25) is 0 Å². The van der Waals surface area contributed by atoms with Gasteiger partial charge in [-0.05, 0) is 46.6 Å². The Morgan fingerprint density at radius 3 is 2.77 bits per heavy atom. The van der Waals surface area contributed by atoms with E-state index in [1.807, 2.05) is 4.57 Å². The van der Waals surface area contributed by atoms with Crippen LogP contribution in [-0.2, 0) is 15.9 Å². The van der Waals surface area contributed by atoms with E-state index in [-0.39, 0.29) is 40.2 Å². The molecule has 1 atom stereocenters. The highest BCUT2D eigenvalue weighted by Crippen LogP contribution is 2.40.